The predicted molar refractivity (Wildman–Crippen MR) is 125 cm³/mol. The van der Waals surface area contributed by atoms with E-state index in [1.165, 1.54) is 30.0 Å². The van der Waals surface area contributed by atoms with Crippen LogP contribution >= 0.6 is 23.4 Å². The molecule has 0 saturated carbocycles. The number of carbonyl (C=O) groups excluding carboxylic acids is 1. The van der Waals surface area contributed by atoms with Crippen molar-refractivity contribution in [1.29, 1.82) is 0 Å². The first-order valence-electron chi connectivity index (χ1n) is 9.66. The molecule has 0 radical (unpaired) electrons. The number of aliphatic imine (C=N–C) groups is 1. The number of nitrogens with one attached hydrogen (secondary N) is 1. The number of amidine groups is 1. The van der Waals surface area contributed by atoms with Crippen LogP contribution < -0.4 is 10.2 Å². The average molecular weight is 482 g/mol. The van der Waals surface area contributed by atoms with Crippen LogP contribution in [0.25, 0.3) is 0 Å². The number of halogens is 2. The third-order valence-electron chi connectivity index (χ3n) is 5.34. The minimum atomic E-state index is -3.07. The Bertz CT molecular complexity index is 1190. The molecule has 6 nitrogen and oxygen atoms in total. The second-order valence-corrected chi connectivity index (χ2v) is 11.5. The van der Waals surface area contributed by atoms with Crippen molar-refractivity contribution in [1.82, 2.24) is 0 Å². The summed E-state index contributed by atoms with van der Waals surface area (Å²) in [6.07, 6.45) is 0. The van der Waals surface area contributed by atoms with Crippen molar-refractivity contribution < 1.29 is 17.6 Å². The van der Waals surface area contributed by atoms with Crippen LogP contribution in [0.15, 0.2) is 41.4 Å². The summed E-state index contributed by atoms with van der Waals surface area (Å²) >= 11 is 7.20. The fourth-order valence-electron chi connectivity index (χ4n) is 3.55. The maximum atomic E-state index is 13.4. The lowest BCUT2D eigenvalue weighted by molar-refractivity contribution is -0.114. The lowest BCUT2D eigenvalue weighted by Crippen LogP contribution is -2.36. The van der Waals surface area contributed by atoms with Crippen LogP contribution in [0.2, 0.25) is 5.02 Å². The molecule has 2 aromatic carbocycles. The topological polar surface area (TPSA) is 78.8 Å². The summed E-state index contributed by atoms with van der Waals surface area (Å²) in [6, 6.07) is 9.56. The molecule has 0 aromatic heterocycles. The van der Waals surface area contributed by atoms with Gasteiger partial charge in [0.15, 0.2) is 15.0 Å². The summed E-state index contributed by atoms with van der Waals surface area (Å²) in [5.41, 5.74) is 3.38. The Hall–Kier alpha value is -2.10. The molecule has 2 aromatic rings. The highest BCUT2D eigenvalue weighted by molar-refractivity contribution is 8.15. The molecule has 1 N–H and O–H groups in total. The summed E-state index contributed by atoms with van der Waals surface area (Å²) in [5, 5.41) is 3.15. The first-order chi connectivity index (χ1) is 14.6. The van der Waals surface area contributed by atoms with Gasteiger partial charge >= 0.3 is 0 Å². The maximum absolute atomic E-state index is 13.4. The lowest BCUT2D eigenvalue weighted by atomic mass is 10.1. The van der Waals surface area contributed by atoms with Crippen molar-refractivity contribution >= 4 is 55.6 Å². The molecule has 2 atom stereocenters. The predicted octanol–water partition coefficient (Wildman–Crippen LogP) is 3.81. The monoisotopic (exact) mass is 481 g/mol. The number of rotatable bonds is 4. The van der Waals surface area contributed by atoms with Crippen molar-refractivity contribution in [3.63, 3.8) is 0 Å². The molecule has 0 aliphatic carbocycles. The Morgan fingerprint density at radius 2 is 2.00 bits per heavy atom. The average Bonchev–Trinajstić information content (AvgIpc) is 3.18. The van der Waals surface area contributed by atoms with Crippen LogP contribution in [0.1, 0.15) is 11.1 Å². The summed E-state index contributed by atoms with van der Waals surface area (Å²) in [6.45, 7) is 3.96. The largest absolute Gasteiger partial charge is 0.324 e. The zero-order valence-electron chi connectivity index (χ0n) is 16.9. The van der Waals surface area contributed by atoms with E-state index in [0.717, 1.165) is 16.8 Å². The summed E-state index contributed by atoms with van der Waals surface area (Å²) in [7, 11) is -3.07. The number of sulfone groups is 1. The lowest BCUT2D eigenvalue weighted by Gasteiger charge is -2.25. The smallest absolute Gasteiger partial charge is 0.244 e. The van der Waals surface area contributed by atoms with Crippen LogP contribution in [0, 0.1) is 19.7 Å². The number of fused-ring (bicyclic) bond motifs is 1. The van der Waals surface area contributed by atoms with E-state index < -0.39 is 15.7 Å². The summed E-state index contributed by atoms with van der Waals surface area (Å²) in [4.78, 5) is 19.2. The van der Waals surface area contributed by atoms with E-state index in [0.29, 0.717) is 10.9 Å². The van der Waals surface area contributed by atoms with Crippen LogP contribution in [0.3, 0.4) is 0 Å². The standard InChI is InChI=1S/C21H21ClFN3O3S2/c1-12-3-5-15(7-13(12)2)26(21-25-18-10-31(28,29)11-19(18)30-21)9-20(27)24-14-4-6-17(23)16(22)8-14/h3-8,18-19H,9-11H2,1-2H3,(H,24,27). The molecule has 2 aliphatic heterocycles. The van der Waals surface area contributed by atoms with Crippen molar-refractivity contribution in [3.05, 3.63) is 58.4 Å². The molecule has 4 rings (SSSR count). The summed E-state index contributed by atoms with van der Waals surface area (Å²) < 4.78 is 37.2. The van der Waals surface area contributed by atoms with E-state index in [-0.39, 0.29) is 40.3 Å². The number of benzene rings is 2. The Labute approximate surface area is 189 Å². The Morgan fingerprint density at radius 3 is 2.68 bits per heavy atom. The number of aryl methyl sites for hydroxylation is 2. The zero-order chi connectivity index (χ0) is 22.3. The van der Waals surface area contributed by atoms with Gasteiger partial charge in [-0.1, -0.05) is 29.4 Å². The fraction of sp³-hybridized carbons (Fsp3) is 0.333. The van der Waals surface area contributed by atoms with Gasteiger partial charge in [0.05, 0.1) is 22.6 Å². The number of anilines is 2. The van der Waals surface area contributed by atoms with Gasteiger partial charge in [-0.05, 0) is 55.3 Å². The van der Waals surface area contributed by atoms with Gasteiger partial charge < -0.3 is 10.2 Å². The minimum absolute atomic E-state index is 0.0322. The van der Waals surface area contributed by atoms with Gasteiger partial charge in [-0.3, -0.25) is 9.79 Å². The maximum Gasteiger partial charge on any atom is 0.244 e. The van der Waals surface area contributed by atoms with Gasteiger partial charge in [0.1, 0.15) is 12.4 Å². The minimum Gasteiger partial charge on any atom is -0.324 e. The third kappa shape index (κ3) is 4.88. The highest BCUT2D eigenvalue weighted by atomic mass is 35.5. The molecular weight excluding hydrogens is 461 g/mol. The van der Waals surface area contributed by atoms with E-state index in [9.17, 15) is 17.6 Å². The van der Waals surface area contributed by atoms with Gasteiger partial charge in [-0.25, -0.2) is 12.8 Å². The van der Waals surface area contributed by atoms with Gasteiger partial charge in [0.25, 0.3) is 0 Å². The van der Waals surface area contributed by atoms with Crippen molar-refractivity contribution in [2.24, 2.45) is 4.99 Å². The second-order valence-electron chi connectivity index (χ2n) is 7.74. The van der Waals surface area contributed by atoms with Crippen LogP contribution in [-0.4, -0.2) is 48.8 Å². The molecule has 2 aliphatic rings. The van der Waals surface area contributed by atoms with E-state index in [2.05, 4.69) is 10.3 Å². The molecule has 31 heavy (non-hydrogen) atoms. The Morgan fingerprint density at radius 1 is 1.23 bits per heavy atom. The van der Waals surface area contributed by atoms with Gasteiger partial charge in [0, 0.05) is 16.6 Å². The van der Waals surface area contributed by atoms with E-state index in [4.69, 9.17) is 11.6 Å². The van der Waals surface area contributed by atoms with E-state index in [1.54, 1.807) is 4.90 Å². The van der Waals surface area contributed by atoms with Gasteiger partial charge in [-0.15, -0.1) is 0 Å². The van der Waals surface area contributed by atoms with Crippen LogP contribution in [-0.2, 0) is 14.6 Å². The summed E-state index contributed by atoms with van der Waals surface area (Å²) in [5.74, 6) is -0.755. The molecule has 1 fully saturated rings. The van der Waals surface area contributed by atoms with Crippen molar-refractivity contribution in [2.75, 3.05) is 28.3 Å². The number of hydrogen-bond acceptors (Lipinski definition) is 6. The highest BCUT2D eigenvalue weighted by Gasteiger charge is 2.44. The SMILES string of the molecule is Cc1ccc(N(CC(=O)Nc2ccc(F)c(Cl)c2)C2=NC3CS(=O)(=O)CC3S2)cc1C. The number of thioether (sulfide) groups is 1. The molecular formula is C21H21ClFN3O3S2. The molecule has 1 saturated heterocycles. The highest BCUT2D eigenvalue weighted by Crippen LogP contribution is 2.37. The molecule has 0 bridgehead atoms. The first kappa shape index (κ1) is 22.1. The van der Waals surface area contributed by atoms with Crippen molar-refractivity contribution in [3.8, 4) is 0 Å². The third-order valence-corrected chi connectivity index (χ3v) is 8.88. The fourth-order valence-corrected chi connectivity index (χ4v) is 7.51. The normalized spacial score (nSPS) is 21.5. The molecule has 164 valence electrons. The molecule has 10 heteroatoms. The Kier molecular flexibility index (Phi) is 6.02. The van der Waals surface area contributed by atoms with E-state index in [1.807, 2.05) is 32.0 Å². The number of nitrogens with zero attached hydrogens (tertiary/aromatic N) is 2. The quantitative estimate of drug-likeness (QED) is 0.718. The van der Waals surface area contributed by atoms with Crippen LogP contribution in [0.5, 0.6) is 0 Å². The van der Waals surface area contributed by atoms with E-state index >= 15 is 0 Å². The molecule has 2 unspecified atom stereocenters. The van der Waals surface area contributed by atoms with Crippen molar-refractivity contribution in [2.45, 2.75) is 25.1 Å². The second kappa shape index (κ2) is 8.44. The number of carbonyl (C=O) groups is 1. The van der Waals surface area contributed by atoms with Gasteiger partial charge in [0.2, 0.25) is 5.91 Å². The van der Waals surface area contributed by atoms with Crippen LogP contribution in [0.4, 0.5) is 15.8 Å². The number of hydrogen-bond donors (Lipinski definition) is 1. The molecule has 2 heterocycles. The molecule has 1 amide bonds. The zero-order valence-corrected chi connectivity index (χ0v) is 19.3. The first-order valence-corrected chi connectivity index (χ1v) is 12.7. The number of amides is 1. The Balaban J connectivity index is 1.59. The van der Waals surface area contributed by atoms with Gasteiger partial charge in [-0.2, -0.15) is 0 Å². The molecule has 0 spiro atoms.